The molecule has 6 bridgehead atoms. The number of likely N-dealkylation sites (N-methyl/N-ethyl adjacent to an activating group) is 1. The Kier molecular flexibility index (Phi) is 7.80. The quantitative estimate of drug-likeness (QED) is 0.178. The number of piperidine rings is 3. The summed E-state index contributed by atoms with van der Waals surface area (Å²) in [5, 5.41) is 13.8. The van der Waals surface area contributed by atoms with Crippen LogP contribution < -0.4 is 4.74 Å². The van der Waals surface area contributed by atoms with Crippen LogP contribution in [0.5, 0.6) is 5.75 Å². The molecule has 3 N–H and O–H groups in total. The monoisotopic (exact) mass is 690 g/mol. The lowest BCUT2D eigenvalue weighted by Gasteiger charge is -2.54. The van der Waals surface area contributed by atoms with E-state index in [4.69, 9.17) is 9.47 Å². The van der Waals surface area contributed by atoms with Gasteiger partial charge in [0.05, 0.1) is 25.3 Å². The summed E-state index contributed by atoms with van der Waals surface area (Å²) in [6.07, 6.45) is 6.43. The first-order chi connectivity index (χ1) is 24.7. The topological polar surface area (TPSA) is 111 Å². The van der Waals surface area contributed by atoms with E-state index >= 15 is 0 Å². The van der Waals surface area contributed by atoms with Gasteiger partial charge in [0.15, 0.2) is 5.60 Å². The Balaban J connectivity index is 1.30. The number of ether oxygens (including phenoxy) is 2. The molecule has 51 heavy (non-hydrogen) atoms. The predicted molar refractivity (Wildman–Crippen MR) is 197 cm³/mol. The number of ketones is 1. The van der Waals surface area contributed by atoms with Crippen molar-refractivity contribution in [2.24, 2.45) is 17.8 Å². The van der Waals surface area contributed by atoms with Crippen LogP contribution in [-0.4, -0.2) is 94.7 Å². The van der Waals surface area contributed by atoms with Crippen LogP contribution in [0.2, 0.25) is 0 Å². The number of fused-ring (bicyclic) bond motifs is 9. The van der Waals surface area contributed by atoms with Crippen molar-refractivity contribution < 1.29 is 24.2 Å². The average Bonchev–Trinajstić information content (AvgIpc) is 3.65. The number of likely N-dealkylation sites (tertiary alicyclic amines) is 1. The Morgan fingerprint density at radius 3 is 2.61 bits per heavy atom. The molecule has 9 unspecified atom stereocenters. The number of H-pyrrole nitrogens is 2. The third kappa shape index (κ3) is 4.76. The van der Waals surface area contributed by atoms with Crippen LogP contribution in [0.3, 0.4) is 0 Å². The molecule has 9 heteroatoms. The second-order valence-corrected chi connectivity index (χ2v) is 16.1. The lowest BCUT2D eigenvalue weighted by atomic mass is 9.64. The van der Waals surface area contributed by atoms with Gasteiger partial charge in [-0.25, -0.2) is 0 Å². The number of Topliss-reactive ketones (excluding diaryl/α,β-unsaturated/α-hetero) is 1. The van der Waals surface area contributed by atoms with E-state index in [0.717, 1.165) is 77.9 Å². The Hall–Kier alpha value is -3.92. The van der Waals surface area contributed by atoms with Crippen molar-refractivity contribution >= 4 is 33.6 Å². The first kappa shape index (κ1) is 33.0. The first-order valence-electron chi connectivity index (χ1n) is 18.9. The SMILES string of the molecule is CC=C1CN(C)C2Cc3c([nH]c4ccccc34)C(c3c(OC)ccc4c5c([nH]c34)C3CC4CC(C(C)=O)C3N(CC5)C4)CC1C2(CO)OC(C)=O. The average molecular weight is 691 g/mol. The third-order valence-corrected chi connectivity index (χ3v) is 13.7. The largest absolute Gasteiger partial charge is 0.496 e. The highest BCUT2D eigenvalue weighted by atomic mass is 16.6. The number of aromatic amines is 2. The molecule has 0 radical (unpaired) electrons. The second-order valence-electron chi connectivity index (χ2n) is 16.1. The molecular weight excluding hydrogens is 640 g/mol. The van der Waals surface area contributed by atoms with E-state index in [2.05, 4.69) is 76.2 Å². The number of methoxy groups -OCH3 is 1. The highest BCUT2D eigenvalue weighted by Crippen LogP contribution is 2.55. The normalized spacial score (nSPS) is 33.7. The van der Waals surface area contributed by atoms with Crippen molar-refractivity contribution in [1.29, 1.82) is 0 Å². The van der Waals surface area contributed by atoms with Crippen LogP contribution in [0.25, 0.3) is 21.8 Å². The molecule has 3 saturated heterocycles. The zero-order valence-corrected chi connectivity index (χ0v) is 30.4. The Morgan fingerprint density at radius 2 is 1.86 bits per heavy atom. The number of aliphatic hydroxyl groups excluding tert-OH is 1. The molecule has 10 rings (SSSR count). The minimum atomic E-state index is -1.13. The Labute approximate surface area is 299 Å². The highest BCUT2D eigenvalue weighted by molar-refractivity contribution is 5.92. The molecule has 0 spiro atoms. The van der Waals surface area contributed by atoms with Crippen LogP contribution in [0, 0.1) is 17.8 Å². The lowest BCUT2D eigenvalue weighted by molar-refractivity contribution is -0.187. The van der Waals surface area contributed by atoms with Gasteiger partial charge in [-0.15, -0.1) is 0 Å². The number of carbonyl (C=O) groups is 2. The van der Waals surface area contributed by atoms with Gasteiger partial charge in [-0.2, -0.15) is 0 Å². The van der Waals surface area contributed by atoms with Crippen molar-refractivity contribution in [3.05, 3.63) is 76.1 Å². The molecule has 1 saturated carbocycles. The first-order valence-corrected chi connectivity index (χ1v) is 18.9. The van der Waals surface area contributed by atoms with Crippen LogP contribution >= 0.6 is 0 Å². The molecule has 2 aromatic carbocycles. The maximum Gasteiger partial charge on any atom is 0.303 e. The van der Waals surface area contributed by atoms with Crippen molar-refractivity contribution in [3.8, 4) is 5.75 Å². The molecule has 6 aliphatic rings. The van der Waals surface area contributed by atoms with E-state index in [0.29, 0.717) is 24.5 Å². The van der Waals surface area contributed by atoms with Crippen molar-refractivity contribution in [2.75, 3.05) is 40.4 Å². The summed E-state index contributed by atoms with van der Waals surface area (Å²) in [5.74, 6) is 1.26. The maximum atomic E-state index is 13.0. The maximum absolute atomic E-state index is 13.0. The van der Waals surface area contributed by atoms with Gasteiger partial charge in [-0.3, -0.25) is 19.4 Å². The molecule has 4 fully saturated rings. The fraction of sp³-hybridized carbons (Fsp3) is 0.524. The van der Waals surface area contributed by atoms with Gasteiger partial charge in [0, 0.05) is 89.5 Å². The molecule has 2 aromatic heterocycles. The lowest BCUT2D eigenvalue weighted by Crippen LogP contribution is -2.66. The van der Waals surface area contributed by atoms with Gasteiger partial charge in [0.25, 0.3) is 0 Å². The van der Waals surface area contributed by atoms with Gasteiger partial charge < -0.3 is 24.5 Å². The van der Waals surface area contributed by atoms with E-state index in [9.17, 15) is 14.7 Å². The summed E-state index contributed by atoms with van der Waals surface area (Å²) in [5.41, 5.74) is 8.31. The Bertz CT molecular complexity index is 2090. The summed E-state index contributed by atoms with van der Waals surface area (Å²) < 4.78 is 12.7. The number of aliphatic hydroxyl groups is 1. The molecule has 268 valence electrons. The van der Waals surface area contributed by atoms with Crippen molar-refractivity contribution in [3.63, 3.8) is 0 Å². The van der Waals surface area contributed by atoms with Crippen molar-refractivity contribution in [1.82, 2.24) is 19.8 Å². The number of nitrogens with one attached hydrogen (secondary N) is 2. The number of allylic oxidation sites excluding steroid dienone is 1. The standard InChI is InChI=1S/C42H50N4O5/c1-6-25-20-45(4)36-18-30-26-9-7-8-10-34(26)43-39(30)31(17-33(25)42(36,21-47)51-23(3)49)37-35(50-5)12-11-27-28-13-14-46-19-24-15-29(22(2)48)41(46)32(16-24)38(28)44-40(27)37/h6-12,24,29,31-33,36,41,43-44,47H,13-21H2,1-5H3. The van der Waals surface area contributed by atoms with Crippen LogP contribution in [0.15, 0.2) is 48.0 Å². The smallest absolute Gasteiger partial charge is 0.303 e. The van der Waals surface area contributed by atoms with E-state index < -0.39 is 5.60 Å². The fourth-order valence-electron chi connectivity index (χ4n) is 11.7. The van der Waals surface area contributed by atoms with Gasteiger partial charge in [-0.1, -0.05) is 29.8 Å². The number of hydrogen-bond acceptors (Lipinski definition) is 7. The zero-order valence-electron chi connectivity index (χ0n) is 30.4. The van der Waals surface area contributed by atoms with Gasteiger partial charge in [0.1, 0.15) is 11.5 Å². The number of rotatable bonds is 5. The number of para-hydroxylation sites is 1. The summed E-state index contributed by atoms with van der Waals surface area (Å²) in [7, 11) is 3.83. The van der Waals surface area contributed by atoms with Gasteiger partial charge in [-0.05, 0) is 88.2 Å². The molecule has 4 aromatic rings. The summed E-state index contributed by atoms with van der Waals surface area (Å²) in [6.45, 7) is 7.81. The minimum absolute atomic E-state index is 0.0814. The van der Waals surface area contributed by atoms with E-state index in [1.54, 1.807) is 14.0 Å². The number of hydrogen-bond donors (Lipinski definition) is 3. The van der Waals surface area contributed by atoms with E-state index in [-0.39, 0.29) is 48.3 Å². The van der Waals surface area contributed by atoms with Crippen molar-refractivity contribution in [2.45, 2.75) is 82.4 Å². The molecule has 9 nitrogen and oxygen atoms in total. The van der Waals surface area contributed by atoms with Gasteiger partial charge >= 0.3 is 5.97 Å². The fourth-order valence-corrected chi connectivity index (χ4v) is 11.7. The third-order valence-electron chi connectivity index (χ3n) is 13.7. The molecule has 9 atom stereocenters. The number of nitrogens with zero attached hydrogens (tertiary/aromatic N) is 2. The van der Waals surface area contributed by atoms with Gasteiger partial charge in [0.2, 0.25) is 0 Å². The number of aromatic nitrogens is 2. The summed E-state index contributed by atoms with van der Waals surface area (Å²) in [6, 6.07) is 12.8. The predicted octanol–water partition coefficient (Wildman–Crippen LogP) is 5.85. The second kappa shape index (κ2) is 12.1. The highest BCUT2D eigenvalue weighted by Gasteiger charge is 2.57. The number of esters is 1. The number of benzene rings is 2. The zero-order chi connectivity index (χ0) is 35.3. The minimum Gasteiger partial charge on any atom is -0.496 e. The molecule has 0 amide bonds. The van der Waals surface area contributed by atoms with Crippen LogP contribution in [-0.2, 0) is 27.2 Å². The molecule has 4 aliphatic heterocycles. The van der Waals surface area contributed by atoms with E-state index in [1.807, 2.05) is 0 Å². The molecule has 2 aliphatic carbocycles. The Morgan fingerprint density at radius 1 is 1.04 bits per heavy atom. The summed E-state index contributed by atoms with van der Waals surface area (Å²) >= 11 is 0. The molecule has 6 heterocycles. The van der Waals surface area contributed by atoms with E-state index in [1.165, 1.54) is 29.1 Å². The number of carbonyl (C=O) groups excluding carboxylic acids is 2. The van der Waals surface area contributed by atoms with Crippen LogP contribution in [0.1, 0.15) is 79.9 Å². The summed E-state index contributed by atoms with van der Waals surface area (Å²) in [4.78, 5) is 38.8. The molecular formula is C42H50N4O5. The van der Waals surface area contributed by atoms with Crippen LogP contribution in [0.4, 0.5) is 0 Å².